The molecule has 1 fully saturated rings. The van der Waals surface area contributed by atoms with E-state index >= 15 is 0 Å². The van der Waals surface area contributed by atoms with E-state index in [0.717, 1.165) is 59.4 Å². The number of H-pyrrole nitrogens is 1. The predicted octanol–water partition coefficient (Wildman–Crippen LogP) is 4.86. The number of aromatic amines is 1. The lowest BCUT2D eigenvalue weighted by Crippen LogP contribution is -2.37. The Morgan fingerprint density at radius 3 is 2.59 bits per heavy atom. The summed E-state index contributed by atoms with van der Waals surface area (Å²) in [6.45, 7) is 3.71. The van der Waals surface area contributed by atoms with Crippen molar-refractivity contribution in [2.45, 2.75) is 6.67 Å². The molecule has 1 N–H and O–H groups in total. The molecule has 2 aromatic carbocycles. The third-order valence-corrected chi connectivity index (χ3v) is 6.10. The van der Waals surface area contributed by atoms with Crippen molar-refractivity contribution in [1.29, 1.82) is 0 Å². The lowest BCUT2D eigenvalue weighted by molar-refractivity contribution is 0.0206. The van der Waals surface area contributed by atoms with Gasteiger partial charge in [0.2, 0.25) is 0 Å². The molecular formula is C24H21N5O2S. The zero-order valence-corrected chi connectivity index (χ0v) is 18.1. The number of nitrogens with zero attached hydrogens (tertiary/aromatic N) is 4. The van der Waals surface area contributed by atoms with Crippen molar-refractivity contribution in [2.75, 3.05) is 26.3 Å². The number of hydrogen-bond donors (Lipinski definition) is 1. The number of rotatable bonds is 4. The molecule has 32 heavy (non-hydrogen) atoms. The monoisotopic (exact) mass is 443 g/mol. The van der Waals surface area contributed by atoms with E-state index in [1.807, 2.05) is 36.4 Å². The lowest BCUT2D eigenvalue weighted by Gasteiger charge is -2.25. The molecule has 0 radical (unpaired) electrons. The Balaban J connectivity index is 1.50. The van der Waals surface area contributed by atoms with Gasteiger partial charge in [0.25, 0.3) is 10.7 Å². The number of morpholine rings is 1. The summed E-state index contributed by atoms with van der Waals surface area (Å²) in [5.74, 6) is 0.424. The molecule has 0 atom stereocenters. The summed E-state index contributed by atoms with van der Waals surface area (Å²) in [5, 5.41) is 6.88. The summed E-state index contributed by atoms with van der Waals surface area (Å²) in [6.07, 6.45) is 0. The summed E-state index contributed by atoms with van der Waals surface area (Å²) in [5.41, 5.74) is 4.60. The number of para-hydroxylation sites is 1. The second-order valence-electron chi connectivity index (χ2n) is 7.86. The predicted molar refractivity (Wildman–Crippen MR) is 126 cm³/mol. The van der Waals surface area contributed by atoms with E-state index in [2.05, 4.69) is 39.2 Å². The minimum absolute atomic E-state index is 0.341. The fraction of sp³-hybridized carbons (Fsp3) is 0.208. The summed E-state index contributed by atoms with van der Waals surface area (Å²) in [7, 11) is 0. The highest BCUT2D eigenvalue weighted by Gasteiger charge is 2.19. The third-order valence-electron chi connectivity index (χ3n) is 5.81. The lowest BCUT2D eigenvalue weighted by atomic mass is 10.1. The summed E-state index contributed by atoms with van der Waals surface area (Å²) >= 11 is 5.47. The number of hydrogen-bond acceptors (Lipinski definition) is 6. The highest BCUT2D eigenvalue weighted by molar-refractivity contribution is 7.71. The standard InChI is InChI=1S/C24H21N5O2S/c32-24-29(15-28-10-12-30-13-11-28)27-23(31-24)20-14-18-17-8-4-5-9-19(17)25-22(18)21(26-20)16-6-2-1-3-7-16/h1-9,14,25H,10-13,15H2. The highest BCUT2D eigenvalue weighted by Crippen LogP contribution is 2.34. The van der Waals surface area contributed by atoms with Gasteiger partial charge in [0.15, 0.2) is 0 Å². The Bertz CT molecular complexity index is 1460. The Kier molecular flexibility index (Phi) is 4.83. The maximum Gasteiger partial charge on any atom is 0.288 e. The molecule has 1 aliphatic heterocycles. The van der Waals surface area contributed by atoms with Gasteiger partial charge in [-0.05, 0) is 24.4 Å². The zero-order chi connectivity index (χ0) is 21.5. The maximum absolute atomic E-state index is 5.91. The largest absolute Gasteiger partial charge is 0.408 e. The molecule has 0 amide bonds. The van der Waals surface area contributed by atoms with Crippen LogP contribution < -0.4 is 0 Å². The number of aromatic nitrogens is 4. The average molecular weight is 444 g/mol. The molecule has 0 aliphatic carbocycles. The van der Waals surface area contributed by atoms with Crippen LogP contribution in [0.2, 0.25) is 0 Å². The fourth-order valence-corrected chi connectivity index (χ4v) is 4.37. The van der Waals surface area contributed by atoms with Gasteiger partial charge in [0.05, 0.1) is 31.1 Å². The van der Waals surface area contributed by atoms with E-state index in [0.29, 0.717) is 23.1 Å². The van der Waals surface area contributed by atoms with Crippen LogP contribution in [0.1, 0.15) is 0 Å². The molecule has 0 saturated carbocycles. The third kappa shape index (κ3) is 3.42. The minimum Gasteiger partial charge on any atom is -0.408 e. The summed E-state index contributed by atoms with van der Waals surface area (Å²) in [6, 6.07) is 20.4. The second kappa shape index (κ2) is 7.98. The number of benzene rings is 2. The van der Waals surface area contributed by atoms with Crippen molar-refractivity contribution in [2.24, 2.45) is 0 Å². The first-order chi connectivity index (χ1) is 15.8. The van der Waals surface area contributed by atoms with Crippen LogP contribution >= 0.6 is 12.2 Å². The van der Waals surface area contributed by atoms with Crippen molar-refractivity contribution in [3.8, 4) is 22.8 Å². The van der Waals surface area contributed by atoms with E-state index in [1.54, 1.807) is 4.68 Å². The normalized spacial score (nSPS) is 15.0. The van der Waals surface area contributed by atoms with Crippen LogP contribution in [0, 0.1) is 4.84 Å². The van der Waals surface area contributed by atoms with Crippen molar-refractivity contribution in [3.05, 3.63) is 65.5 Å². The first-order valence-corrected chi connectivity index (χ1v) is 11.0. The molecule has 0 bridgehead atoms. The van der Waals surface area contributed by atoms with Gasteiger partial charge in [0.1, 0.15) is 5.69 Å². The topological polar surface area (TPSA) is 72.1 Å². The Morgan fingerprint density at radius 2 is 1.75 bits per heavy atom. The minimum atomic E-state index is 0.341. The van der Waals surface area contributed by atoms with E-state index in [1.165, 1.54) is 0 Å². The van der Waals surface area contributed by atoms with Crippen LogP contribution in [0.25, 0.3) is 44.6 Å². The molecule has 1 aliphatic rings. The Labute approximate surface area is 189 Å². The number of pyridine rings is 1. The van der Waals surface area contributed by atoms with Gasteiger partial charge in [0, 0.05) is 34.9 Å². The summed E-state index contributed by atoms with van der Waals surface area (Å²) < 4.78 is 13.1. The van der Waals surface area contributed by atoms with Crippen molar-refractivity contribution in [1.82, 2.24) is 24.6 Å². The van der Waals surface area contributed by atoms with Gasteiger partial charge in [-0.25, -0.2) is 9.67 Å². The van der Waals surface area contributed by atoms with Gasteiger partial charge < -0.3 is 14.1 Å². The molecule has 6 rings (SSSR count). The molecule has 160 valence electrons. The highest BCUT2D eigenvalue weighted by atomic mass is 32.1. The van der Waals surface area contributed by atoms with Gasteiger partial charge in [-0.1, -0.05) is 48.5 Å². The Hall–Kier alpha value is -3.33. The van der Waals surface area contributed by atoms with Gasteiger partial charge >= 0.3 is 0 Å². The van der Waals surface area contributed by atoms with E-state index in [4.69, 9.17) is 26.4 Å². The quantitative estimate of drug-likeness (QED) is 0.400. The number of nitrogens with one attached hydrogen (secondary N) is 1. The van der Waals surface area contributed by atoms with Crippen LogP contribution in [0.3, 0.4) is 0 Å². The summed E-state index contributed by atoms with van der Waals surface area (Å²) in [4.78, 5) is 11.1. The zero-order valence-electron chi connectivity index (χ0n) is 17.3. The van der Waals surface area contributed by atoms with E-state index in [9.17, 15) is 0 Å². The Morgan fingerprint density at radius 1 is 0.969 bits per heavy atom. The van der Waals surface area contributed by atoms with Crippen LogP contribution in [-0.4, -0.2) is 51.0 Å². The molecule has 0 unspecified atom stereocenters. The molecule has 5 aromatic rings. The molecule has 1 saturated heterocycles. The molecule has 4 heterocycles. The van der Waals surface area contributed by atoms with Crippen LogP contribution in [0.15, 0.2) is 65.1 Å². The number of fused-ring (bicyclic) bond motifs is 3. The fourth-order valence-electron chi connectivity index (χ4n) is 4.19. The van der Waals surface area contributed by atoms with Crippen LogP contribution in [0.4, 0.5) is 0 Å². The van der Waals surface area contributed by atoms with E-state index < -0.39 is 0 Å². The number of ether oxygens (including phenoxy) is 1. The average Bonchev–Trinajstić information content (AvgIpc) is 3.40. The first kappa shape index (κ1) is 19.4. The molecule has 0 spiro atoms. The molecule has 3 aromatic heterocycles. The molecular weight excluding hydrogens is 422 g/mol. The van der Waals surface area contributed by atoms with Crippen LogP contribution in [-0.2, 0) is 11.4 Å². The maximum atomic E-state index is 5.91. The van der Waals surface area contributed by atoms with Gasteiger partial charge in [-0.3, -0.25) is 4.90 Å². The van der Waals surface area contributed by atoms with E-state index in [-0.39, 0.29) is 0 Å². The molecule has 7 nitrogen and oxygen atoms in total. The van der Waals surface area contributed by atoms with Crippen LogP contribution in [0.5, 0.6) is 0 Å². The van der Waals surface area contributed by atoms with Crippen molar-refractivity contribution >= 4 is 34.0 Å². The SMILES string of the molecule is S=c1oc(-c2cc3c([nH]c4ccccc43)c(-c3ccccc3)n2)nn1CN1CCOCC1. The second-order valence-corrected chi connectivity index (χ2v) is 8.21. The van der Waals surface area contributed by atoms with Gasteiger partial charge in [-0.15, -0.1) is 5.10 Å². The smallest absolute Gasteiger partial charge is 0.288 e. The first-order valence-electron chi connectivity index (χ1n) is 10.6. The van der Waals surface area contributed by atoms with Crippen molar-refractivity contribution < 1.29 is 9.15 Å². The van der Waals surface area contributed by atoms with Gasteiger partial charge in [-0.2, -0.15) is 0 Å². The van der Waals surface area contributed by atoms with Crippen molar-refractivity contribution in [3.63, 3.8) is 0 Å². The molecule has 8 heteroatoms.